The van der Waals surface area contributed by atoms with Gasteiger partial charge in [-0.2, -0.15) is 0 Å². The van der Waals surface area contributed by atoms with E-state index in [4.69, 9.17) is 15.3 Å². The van der Waals surface area contributed by atoms with Gasteiger partial charge in [-0.15, -0.1) is 5.10 Å². The molecule has 0 aromatic carbocycles. The smallest absolute Gasteiger partial charge is 0.318 e. The van der Waals surface area contributed by atoms with Gasteiger partial charge in [0.2, 0.25) is 5.89 Å². The maximum Gasteiger partial charge on any atom is 0.318 e. The number of nitrogens with two attached hydrogens (primary N) is 1. The van der Waals surface area contributed by atoms with E-state index >= 15 is 0 Å². The van der Waals surface area contributed by atoms with E-state index in [2.05, 4.69) is 15.1 Å². The van der Waals surface area contributed by atoms with E-state index < -0.39 is 0 Å². The summed E-state index contributed by atoms with van der Waals surface area (Å²) < 4.78 is 5.58. The number of nitrogens with zero attached hydrogens (tertiary/aromatic N) is 3. The lowest BCUT2D eigenvalue weighted by Crippen LogP contribution is -2.29. The molecule has 0 aliphatic carbocycles. The highest BCUT2D eigenvalue weighted by molar-refractivity contribution is 5.28. The second kappa shape index (κ2) is 5.97. The molecule has 2 heterocycles. The number of rotatable bonds is 6. The second-order valence-corrected chi connectivity index (χ2v) is 4.37. The molecule has 6 nitrogen and oxygen atoms in total. The van der Waals surface area contributed by atoms with E-state index in [1.54, 1.807) is 0 Å². The van der Waals surface area contributed by atoms with Crippen LogP contribution in [0.25, 0.3) is 0 Å². The van der Waals surface area contributed by atoms with Crippen LogP contribution in [0.1, 0.15) is 31.6 Å². The zero-order valence-corrected chi connectivity index (χ0v) is 10.0. The van der Waals surface area contributed by atoms with Gasteiger partial charge in [0.1, 0.15) is 0 Å². The minimum Gasteiger partial charge on any atom is -0.408 e. The molecule has 1 aliphatic heterocycles. The maximum atomic E-state index is 8.87. The van der Waals surface area contributed by atoms with Gasteiger partial charge in [0.05, 0.1) is 0 Å². The summed E-state index contributed by atoms with van der Waals surface area (Å²) in [5, 5.41) is 16.9. The summed E-state index contributed by atoms with van der Waals surface area (Å²) in [7, 11) is 0. The first-order valence-electron chi connectivity index (χ1n) is 6.25. The van der Waals surface area contributed by atoms with E-state index in [9.17, 15) is 0 Å². The highest BCUT2D eigenvalue weighted by Gasteiger charge is 2.27. The molecule has 0 radical (unpaired) electrons. The van der Waals surface area contributed by atoms with Crippen molar-refractivity contribution >= 4 is 6.01 Å². The Bertz CT molecular complexity index is 342. The molecule has 17 heavy (non-hydrogen) atoms. The molecular weight excluding hydrogens is 220 g/mol. The van der Waals surface area contributed by atoms with Crippen molar-refractivity contribution in [1.82, 2.24) is 10.2 Å². The molecular formula is C11H20N4O2. The van der Waals surface area contributed by atoms with Crippen LogP contribution in [0.15, 0.2) is 4.42 Å². The van der Waals surface area contributed by atoms with Crippen LogP contribution in [0.3, 0.4) is 0 Å². The number of hydrogen-bond donors (Lipinski definition) is 2. The van der Waals surface area contributed by atoms with Crippen LogP contribution in [0.2, 0.25) is 0 Å². The average Bonchev–Trinajstić information content (AvgIpc) is 2.94. The summed E-state index contributed by atoms with van der Waals surface area (Å²) in [5.74, 6) is 0.607. The zero-order valence-electron chi connectivity index (χ0n) is 10.0. The summed E-state index contributed by atoms with van der Waals surface area (Å²) in [4.78, 5) is 2.16. The lowest BCUT2D eigenvalue weighted by atomic mass is 10.1. The molecule has 2 rings (SSSR count). The van der Waals surface area contributed by atoms with E-state index in [0.717, 1.165) is 32.2 Å². The molecule has 1 unspecified atom stereocenters. The largest absolute Gasteiger partial charge is 0.408 e. The second-order valence-electron chi connectivity index (χ2n) is 4.37. The van der Waals surface area contributed by atoms with Crippen molar-refractivity contribution in [1.29, 1.82) is 0 Å². The van der Waals surface area contributed by atoms with Gasteiger partial charge in [0, 0.05) is 32.2 Å². The van der Waals surface area contributed by atoms with Crippen molar-refractivity contribution in [3.63, 3.8) is 0 Å². The van der Waals surface area contributed by atoms with Crippen molar-refractivity contribution < 1.29 is 9.52 Å². The monoisotopic (exact) mass is 240 g/mol. The minimum atomic E-state index is 0.243. The lowest BCUT2D eigenvalue weighted by molar-refractivity contribution is 0.279. The van der Waals surface area contributed by atoms with Gasteiger partial charge in [-0.1, -0.05) is 5.10 Å². The Hall–Kier alpha value is -1.14. The summed E-state index contributed by atoms with van der Waals surface area (Å²) in [6.07, 6.45) is 4.71. The summed E-state index contributed by atoms with van der Waals surface area (Å²) in [6.45, 7) is 1.72. The first-order valence-corrected chi connectivity index (χ1v) is 6.25. The molecule has 6 heteroatoms. The van der Waals surface area contributed by atoms with Crippen molar-refractivity contribution in [3.05, 3.63) is 5.89 Å². The van der Waals surface area contributed by atoms with Gasteiger partial charge in [-0.3, -0.25) is 0 Å². The van der Waals surface area contributed by atoms with Crippen LogP contribution in [-0.2, 0) is 6.42 Å². The van der Waals surface area contributed by atoms with E-state index in [1.165, 1.54) is 0 Å². The van der Waals surface area contributed by atoms with E-state index in [0.29, 0.717) is 30.9 Å². The third-order valence-electron chi connectivity index (χ3n) is 3.13. The third-order valence-corrected chi connectivity index (χ3v) is 3.13. The summed E-state index contributed by atoms with van der Waals surface area (Å²) in [6, 6.07) is 1.03. The molecule has 1 aliphatic rings. The average molecular weight is 240 g/mol. The van der Waals surface area contributed by atoms with Crippen molar-refractivity contribution in [3.8, 4) is 0 Å². The van der Waals surface area contributed by atoms with Gasteiger partial charge in [0.25, 0.3) is 0 Å². The fourth-order valence-corrected chi connectivity index (χ4v) is 2.30. The Morgan fingerprint density at radius 1 is 1.47 bits per heavy atom. The molecule has 1 atom stereocenters. The predicted octanol–water partition coefficient (Wildman–Crippen LogP) is 0.312. The minimum absolute atomic E-state index is 0.243. The SMILES string of the molecule is NCCc1nnc(N2CCCC2CCCO)o1. The lowest BCUT2D eigenvalue weighted by Gasteiger charge is -2.21. The van der Waals surface area contributed by atoms with Gasteiger partial charge < -0.3 is 20.2 Å². The molecule has 3 N–H and O–H groups in total. The van der Waals surface area contributed by atoms with Crippen LogP contribution in [-0.4, -0.2) is 41.0 Å². The van der Waals surface area contributed by atoms with Gasteiger partial charge in [-0.05, 0) is 25.7 Å². The molecule has 0 amide bonds. The molecule has 1 fully saturated rings. The molecule has 0 bridgehead atoms. The van der Waals surface area contributed by atoms with Gasteiger partial charge in [-0.25, -0.2) is 0 Å². The van der Waals surface area contributed by atoms with Crippen LogP contribution in [0.4, 0.5) is 6.01 Å². The molecule has 96 valence electrons. The zero-order chi connectivity index (χ0) is 12.1. The Labute approximate surface area is 101 Å². The van der Waals surface area contributed by atoms with E-state index in [1.807, 2.05) is 0 Å². The molecule has 0 spiro atoms. The molecule has 1 aromatic rings. The Morgan fingerprint density at radius 2 is 2.35 bits per heavy atom. The first-order chi connectivity index (χ1) is 8.35. The predicted molar refractivity (Wildman–Crippen MR) is 63.7 cm³/mol. The van der Waals surface area contributed by atoms with Gasteiger partial charge >= 0.3 is 6.01 Å². The quantitative estimate of drug-likeness (QED) is 0.744. The van der Waals surface area contributed by atoms with Crippen LogP contribution in [0, 0.1) is 0 Å². The maximum absolute atomic E-state index is 8.87. The standard InChI is InChI=1S/C11H20N4O2/c12-6-5-10-13-14-11(17-10)15-7-1-3-9(15)4-2-8-16/h9,16H,1-8,12H2. The van der Waals surface area contributed by atoms with Crippen LogP contribution in [0.5, 0.6) is 0 Å². The van der Waals surface area contributed by atoms with Crippen molar-refractivity contribution in [2.24, 2.45) is 5.73 Å². The Morgan fingerprint density at radius 3 is 3.12 bits per heavy atom. The van der Waals surface area contributed by atoms with Gasteiger partial charge in [0.15, 0.2) is 0 Å². The Kier molecular flexibility index (Phi) is 4.33. The first kappa shape index (κ1) is 12.3. The number of aliphatic hydroxyl groups excluding tert-OH is 1. The van der Waals surface area contributed by atoms with Crippen molar-refractivity contribution in [2.45, 2.75) is 38.1 Å². The summed E-state index contributed by atoms with van der Waals surface area (Å²) >= 11 is 0. The fraction of sp³-hybridized carbons (Fsp3) is 0.818. The number of aromatic nitrogens is 2. The molecule has 0 saturated carbocycles. The highest BCUT2D eigenvalue weighted by atomic mass is 16.4. The topological polar surface area (TPSA) is 88.4 Å². The van der Waals surface area contributed by atoms with Crippen LogP contribution < -0.4 is 10.6 Å². The Balaban J connectivity index is 1.98. The van der Waals surface area contributed by atoms with Crippen LogP contribution >= 0.6 is 0 Å². The molecule has 1 saturated heterocycles. The fourth-order valence-electron chi connectivity index (χ4n) is 2.30. The highest BCUT2D eigenvalue weighted by Crippen LogP contribution is 2.26. The number of aliphatic hydroxyl groups is 1. The summed E-state index contributed by atoms with van der Waals surface area (Å²) in [5.41, 5.74) is 5.45. The number of anilines is 1. The van der Waals surface area contributed by atoms with Crippen molar-refractivity contribution in [2.75, 3.05) is 24.6 Å². The number of hydrogen-bond acceptors (Lipinski definition) is 6. The van der Waals surface area contributed by atoms with E-state index in [-0.39, 0.29) is 6.61 Å². The molecule has 1 aromatic heterocycles. The third kappa shape index (κ3) is 2.95. The normalized spacial score (nSPS) is 20.1.